The van der Waals surface area contributed by atoms with Gasteiger partial charge in [-0.25, -0.2) is 0 Å². The van der Waals surface area contributed by atoms with Gasteiger partial charge in [0.25, 0.3) is 0 Å². The molecule has 0 aromatic rings. The zero-order valence-electron chi connectivity index (χ0n) is 19.1. The Kier molecular flexibility index (Phi) is 5.62. The topological polar surface area (TPSA) is 20.2 Å². The van der Waals surface area contributed by atoms with Crippen molar-refractivity contribution >= 4 is 0 Å². The molecular formula is C27H44O. The first-order chi connectivity index (χ1) is 13.3. The molecule has 1 nitrogen and oxygen atoms in total. The van der Waals surface area contributed by atoms with Crippen LogP contribution in [0.3, 0.4) is 0 Å². The number of aliphatic hydroxyl groups is 1. The van der Waals surface area contributed by atoms with Gasteiger partial charge in [0.15, 0.2) is 0 Å². The van der Waals surface area contributed by atoms with E-state index in [0.717, 1.165) is 42.4 Å². The zero-order chi connectivity index (χ0) is 20.1. The molecule has 4 aliphatic carbocycles. The van der Waals surface area contributed by atoms with E-state index in [0.29, 0.717) is 10.8 Å². The Morgan fingerprint density at radius 1 is 1.11 bits per heavy atom. The molecule has 4 rings (SSSR count). The molecule has 0 heterocycles. The SMILES string of the molecule is CC(C)=CCCC(C)C1CCC2C3=CCC4C[C@@H](O)CC[C@]4(C)C3CC[C@@]21C. The van der Waals surface area contributed by atoms with E-state index in [2.05, 4.69) is 46.8 Å². The fourth-order valence-corrected chi connectivity index (χ4v) is 8.30. The summed E-state index contributed by atoms with van der Waals surface area (Å²) in [6, 6.07) is 0. The van der Waals surface area contributed by atoms with Crippen molar-refractivity contribution in [3.05, 3.63) is 23.3 Å². The van der Waals surface area contributed by atoms with Crippen LogP contribution < -0.4 is 0 Å². The second-order valence-electron chi connectivity index (χ2n) is 11.7. The molecule has 28 heavy (non-hydrogen) atoms. The monoisotopic (exact) mass is 384 g/mol. The normalized spacial score (nSPS) is 46.1. The van der Waals surface area contributed by atoms with Crippen LogP contribution >= 0.6 is 0 Å². The molecule has 0 aromatic heterocycles. The van der Waals surface area contributed by atoms with Crippen molar-refractivity contribution in [3.63, 3.8) is 0 Å². The van der Waals surface area contributed by atoms with Gasteiger partial charge in [-0.1, -0.05) is 44.1 Å². The van der Waals surface area contributed by atoms with Gasteiger partial charge >= 0.3 is 0 Å². The molecule has 0 aromatic carbocycles. The Hall–Kier alpha value is -0.560. The minimum Gasteiger partial charge on any atom is -0.393 e. The molecule has 158 valence electrons. The lowest BCUT2D eigenvalue weighted by Gasteiger charge is -2.57. The average Bonchev–Trinajstić information content (AvgIpc) is 2.99. The van der Waals surface area contributed by atoms with Gasteiger partial charge in [0.2, 0.25) is 0 Å². The molecule has 0 amide bonds. The molecule has 8 atom stereocenters. The van der Waals surface area contributed by atoms with Crippen LogP contribution in [0.5, 0.6) is 0 Å². The maximum Gasteiger partial charge on any atom is 0.0543 e. The lowest BCUT2D eigenvalue weighted by molar-refractivity contribution is -0.0426. The standard InChI is InChI=1S/C27H44O/c1-18(2)7-6-8-19(3)23-11-12-24-22-10-9-20-17-21(28)13-15-26(20,4)25(22)14-16-27(23,24)5/h7,10,19-21,23-25,28H,6,8-9,11-17H2,1-5H3/t19?,20?,21-,23?,24?,25?,26-,27+/m0/s1. The summed E-state index contributed by atoms with van der Waals surface area (Å²) in [6.45, 7) is 12.2. The van der Waals surface area contributed by atoms with E-state index in [1.54, 1.807) is 0 Å². The number of hydrogen-bond donors (Lipinski definition) is 1. The zero-order valence-corrected chi connectivity index (χ0v) is 19.1. The van der Waals surface area contributed by atoms with E-state index in [1.165, 1.54) is 56.9 Å². The van der Waals surface area contributed by atoms with E-state index in [-0.39, 0.29) is 6.10 Å². The molecule has 1 heteroatoms. The van der Waals surface area contributed by atoms with Crippen molar-refractivity contribution < 1.29 is 5.11 Å². The molecule has 0 aliphatic heterocycles. The van der Waals surface area contributed by atoms with E-state index in [1.807, 2.05) is 5.57 Å². The first-order valence-corrected chi connectivity index (χ1v) is 12.3. The third-order valence-corrected chi connectivity index (χ3v) is 9.99. The second-order valence-corrected chi connectivity index (χ2v) is 11.7. The minimum atomic E-state index is -0.0422. The van der Waals surface area contributed by atoms with Gasteiger partial charge in [-0.15, -0.1) is 0 Å². The van der Waals surface area contributed by atoms with Crippen molar-refractivity contribution in [2.24, 2.45) is 40.4 Å². The highest BCUT2D eigenvalue weighted by atomic mass is 16.3. The first kappa shape index (κ1) is 20.7. The Morgan fingerprint density at radius 3 is 2.57 bits per heavy atom. The highest BCUT2D eigenvalue weighted by Gasteiger charge is 2.58. The summed E-state index contributed by atoms with van der Waals surface area (Å²) >= 11 is 0. The molecule has 3 fully saturated rings. The van der Waals surface area contributed by atoms with Crippen molar-refractivity contribution in [2.45, 2.75) is 105 Å². The van der Waals surface area contributed by atoms with Gasteiger partial charge in [0.1, 0.15) is 0 Å². The molecule has 0 saturated heterocycles. The molecule has 1 N–H and O–H groups in total. The maximum atomic E-state index is 10.2. The molecule has 5 unspecified atom stereocenters. The third kappa shape index (κ3) is 3.34. The van der Waals surface area contributed by atoms with Crippen LogP contribution in [0.2, 0.25) is 0 Å². The molecule has 0 bridgehead atoms. The highest BCUT2D eigenvalue weighted by Crippen LogP contribution is 2.66. The van der Waals surface area contributed by atoms with E-state index in [4.69, 9.17) is 0 Å². The summed E-state index contributed by atoms with van der Waals surface area (Å²) in [4.78, 5) is 0. The lowest BCUT2D eigenvalue weighted by Crippen LogP contribution is -2.49. The van der Waals surface area contributed by atoms with Gasteiger partial charge in [0.05, 0.1) is 6.10 Å². The van der Waals surface area contributed by atoms with Crippen molar-refractivity contribution in [1.82, 2.24) is 0 Å². The molecule has 3 saturated carbocycles. The maximum absolute atomic E-state index is 10.2. The van der Waals surface area contributed by atoms with E-state index in [9.17, 15) is 5.11 Å². The van der Waals surface area contributed by atoms with Gasteiger partial charge in [-0.2, -0.15) is 0 Å². The van der Waals surface area contributed by atoms with Crippen molar-refractivity contribution in [3.8, 4) is 0 Å². The third-order valence-electron chi connectivity index (χ3n) is 9.99. The van der Waals surface area contributed by atoms with Crippen molar-refractivity contribution in [1.29, 1.82) is 0 Å². The van der Waals surface area contributed by atoms with Crippen molar-refractivity contribution in [2.75, 3.05) is 0 Å². The van der Waals surface area contributed by atoms with Crippen LogP contribution in [0.25, 0.3) is 0 Å². The smallest absolute Gasteiger partial charge is 0.0543 e. The molecule has 4 aliphatic rings. The molecule has 0 radical (unpaired) electrons. The van der Waals surface area contributed by atoms with E-state index < -0.39 is 0 Å². The summed E-state index contributed by atoms with van der Waals surface area (Å²) in [7, 11) is 0. The molecular weight excluding hydrogens is 340 g/mol. The predicted molar refractivity (Wildman–Crippen MR) is 119 cm³/mol. The summed E-state index contributed by atoms with van der Waals surface area (Å²) in [6.07, 6.45) is 17.9. The number of rotatable bonds is 4. The van der Waals surface area contributed by atoms with Crippen LogP contribution in [0.15, 0.2) is 23.3 Å². The Bertz CT molecular complexity index is 641. The average molecular weight is 385 g/mol. The van der Waals surface area contributed by atoms with Gasteiger partial charge in [-0.05, 0) is 118 Å². The Balaban J connectivity index is 1.52. The van der Waals surface area contributed by atoms with Gasteiger partial charge < -0.3 is 5.11 Å². The minimum absolute atomic E-state index is 0.0422. The van der Waals surface area contributed by atoms with Gasteiger partial charge in [-0.3, -0.25) is 0 Å². The quantitative estimate of drug-likeness (QED) is 0.504. The number of aliphatic hydroxyl groups excluding tert-OH is 1. The lowest BCUT2D eigenvalue weighted by atomic mass is 9.47. The van der Waals surface area contributed by atoms with E-state index >= 15 is 0 Å². The first-order valence-electron chi connectivity index (χ1n) is 12.3. The van der Waals surface area contributed by atoms with Crippen LogP contribution in [-0.4, -0.2) is 11.2 Å². The Labute approximate surface area is 174 Å². The fraction of sp³-hybridized carbons (Fsp3) is 0.852. The number of fused-ring (bicyclic) bond motifs is 5. The van der Waals surface area contributed by atoms with Gasteiger partial charge in [0, 0.05) is 0 Å². The summed E-state index contributed by atoms with van der Waals surface area (Å²) in [5.41, 5.74) is 4.32. The fourth-order valence-electron chi connectivity index (χ4n) is 8.30. The van der Waals surface area contributed by atoms with Crippen LogP contribution in [-0.2, 0) is 0 Å². The number of allylic oxidation sites excluding steroid dienone is 4. The summed E-state index contributed by atoms with van der Waals surface area (Å²) in [5, 5.41) is 10.2. The van der Waals surface area contributed by atoms with Crippen LogP contribution in [0, 0.1) is 40.4 Å². The largest absolute Gasteiger partial charge is 0.393 e. The Morgan fingerprint density at radius 2 is 1.82 bits per heavy atom. The summed E-state index contributed by atoms with van der Waals surface area (Å²) in [5.74, 6) is 4.11. The second kappa shape index (κ2) is 7.60. The summed E-state index contributed by atoms with van der Waals surface area (Å²) < 4.78 is 0. The van der Waals surface area contributed by atoms with Crippen LogP contribution in [0.4, 0.5) is 0 Å². The molecule has 0 spiro atoms. The number of hydrogen-bond acceptors (Lipinski definition) is 1. The predicted octanol–water partition coefficient (Wildman–Crippen LogP) is 7.31. The highest BCUT2D eigenvalue weighted by molar-refractivity contribution is 5.27. The van der Waals surface area contributed by atoms with Crippen LogP contribution in [0.1, 0.15) is 98.8 Å².